The Kier molecular flexibility index (Phi) is 3.96. The van der Waals surface area contributed by atoms with Crippen LogP contribution < -0.4 is 9.80 Å². The third-order valence-corrected chi connectivity index (χ3v) is 5.14. The van der Waals surface area contributed by atoms with Crippen LogP contribution in [0.25, 0.3) is 10.9 Å². The van der Waals surface area contributed by atoms with Crippen LogP contribution in [0.4, 0.5) is 11.4 Å². The Balaban J connectivity index is 1.54. The number of aromatic nitrogens is 1. The van der Waals surface area contributed by atoms with Gasteiger partial charge in [0.2, 0.25) is 0 Å². The molecule has 0 unspecified atom stereocenters. The molecule has 128 valence electrons. The Labute approximate surface area is 148 Å². The average molecular weight is 333 g/mol. The molecule has 0 spiro atoms. The molecule has 2 heterocycles. The van der Waals surface area contributed by atoms with Crippen LogP contribution in [-0.2, 0) is 7.05 Å². The molecule has 3 aromatic rings. The van der Waals surface area contributed by atoms with E-state index in [0.717, 1.165) is 48.9 Å². The van der Waals surface area contributed by atoms with Gasteiger partial charge in [-0.3, -0.25) is 4.79 Å². The van der Waals surface area contributed by atoms with Crippen molar-refractivity contribution in [2.45, 2.75) is 6.92 Å². The Morgan fingerprint density at radius 3 is 2.24 bits per heavy atom. The number of carbonyl (C=O) groups is 1. The van der Waals surface area contributed by atoms with Crippen molar-refractivity contribution < 1.29 is 4.79 Å². The van der Waals surface area contributed by atoms with Crippen molar-refractivity contribution in [1.29, 1.82) is 0 Å². The van der Waals surface area contributed by atoms with E-state index >= 15 is 0 Å². The summed E-state index contributed by atoms with van der Waals surface area (Å²) in [6, 6.07) is 15.1. The Morgan fingerprint density at radius 2 is 1.60 bits per heavy atom. The fourth-order valence-electron chi connectivity index (χ4n) is 3.75. The highest BCUT2D eigenvalue weighted by molar-refractivity contribution is 5.99. The van der Waals surface area contributed by atoms with Gasteiger partial charge >= 0.3 is 0 Å². The zero-order valence-corrected chi connectivity index (χ0v) is 14.8. The quantitative estimate of drug-likeness (QED) is 0.685. The minimum absolute atomic E-state index is 0.762. The van der Waals surface area contributed by atoms with Gasteiger partial charge < -0.3 is 14.4 Å². The summed E-state index contributed by atoms with van der Waals surface area (Å²) in [6.07, 6.45) is 2.85. The highest BCUT2D eigenvalue weighted by Crippen LogP contribution is 2.27. The van der Waals surface area contributed by atoms with Crippen molar-refractivity contribution in [3.8, 4) is 0 Å². The zero-order chi connectivity index (χ0) is 17.4. The highest BCUT2D eigenvalue weighted by Gasteiger charge is 2.18. The fourth-order valence-corrected chi connectivity index (χ4v) is 3.75. The molecule has 0 saturated carbocycles. The molecule has 0 bridgehead atoms. The first kappa shape index (κ1) is 15.8. The van der Waals surface area contributed by atoms with Crippen LogP contribution in [0.3, 0.4) is 0 Å². The monoisotopic (exact) mass is 333 g/mol. The zero-order valence-electron chi connectivity index (χ0n) is 14.8. The second-order valence-electron chi connectivity index (χ2n) is 6.83. The van der Waals surface area contributed by atoms with Crippen molar-refractivity contribution in [2.75, 3.05) is 36.0 Å². The number of aryl methyl sites for hydroxylation is 2. The lowest BCUT2D eigenvalue weighted by Gasteiger charge is -2.37. The third kappa shape index (κ3) is 2.88. The smallest absolute Gasteiger partial charge is 0.152 e. The molecule has 1 aliphatic rings. The topological polar surface area (TPSA) is 28.5 Å². The lowest BCUT2D eigenvalue weighted by Crippen LogP contribution is -2.46. The van der Waals surface area contributed by atoms with E-state index in [-0.39, 0.29) is 0 Å². The number of nitrogens with zero attached hydrogens (tertiary/aromatic N) is 3. The molecule has 0 radical (unpaired) electrons. The van der Waals surface area contributed by atoms with Crippen LogP contribution in [0.1, 0.15) is 15.9 Å². The summed E-state index contributed by atoms with van der Waals surface area (Å²) in [5.74, 6) is 0. The second-order valence-corrected chi connectivity index (χ2v) is 6.83. The van der Waals surface area contributed by atoms with E-state index in [1.807, 2.05) is 17.8 Å². The Morgan fingerprint density at radius 1 is 0.920 bits per heavy atom. The van der Waals surface area contributed by atoms with E-state index in [1.165, 1.54) is 16.9 Å². The summed E-state index contributed by atoms with van der Waals surface area (Å²) >= 11 is 0. The van der Waals surface area contributed by atoms with Crippen molar-refractivity contribution in [3.05, 3.63) is 59.8 Å². The number of carbonyl (C=O) groups excluding carboxylic acids is 1. The molecule has 0 N–H and O–H groups in total. The summed E-state index contributed by atoms with van der Waals surface area (Å²) in [4.78, 5) is 16.2. The lowest BCUT2D eigenvalue weighted by atomic mass is 10.1. The Bertz CT molecular complexity index is 920. The van der Waals surface area contributed by atoms with E-state index in [0.29, 0.717) is 0 Å². The van der Waals surface area contributed by atoms with E-state index in [4.69, 9.17) is 0 Å². The van der Waals surface area contributed by atoms with Crippen molar-refractivity contribution in [2.24, 2.45) is 7.05 Å². The molecule has 4 heteroatoms. The Hall–Kier alpha value is -2.75. The number of fused-ring (bicyclic) bond motifs is 1. The summed E-state index contributed by atoms with van der Waals surface area (Å²) in [7, 11) is 1.98. The molecule has 0 amide bonds. The van der Waals surface area contributed by atoms with Gasteiger partial charge in [-0.05, 0) is 42.8 Å². The molecule has 4 nitrogen and oxygen atoms in total. The molecular weight excluding hydrogens is 310 g/mol. The van der Waals surface area contributed by atoms with Gasteiger partial charge in [0.15, 0.2) is 6.29 Å². The van der Waals surface area contributed by atoms with Gasteiger partial charge in [0.1, 0.15) is 0 Å². The summed E-state index contributed by atoms with van der Waals surface area (Å²) < 4.78 is 2.01. The van der Waals surface area contributed by atoms with Crippen molar-refractivity contribution in [3.63, 3.8) is 0 Å². The molecule has 1 aromatic heterocycles. The van der Waals surface area contributed by atoms with E-state index < -0.39 is 0 Å². The fraction of sp³-hybridized carbons (Fsp3) is 0.286. The molecule has 4 rings (SSSR count). The maximum Gasteiger partial charge on any atom is 0.152 e. The molecule has 0 atom stereocenters. The van der Waals surface area contributed by atoms with Gasteiger partial charge in [0.05, 0.1) is 0 Å². The number of hydrogen-bond donors (Lipinski definition) is 0. The summed E-state index contributed by atoms with van der Waals surface area (Å²) in [5.41, 5.74) is 5.67. The standard InChI is InChI=1S/C21H23N3O/c1-16-4-3-5-18(12-16)23-8-10-24(11-9-23)19-6-7-21-20(13-19)17(15-25)14-22(21)2/h3-7,12-15H,8-11H2,1-2H3. The molecule has 1 fully saturated rings. The first-order valence-electron chi connectivity index (χ1n) is 8.76. The molecule has 25 heavy (non-hydrogen) atoms. The third-order valence-electron chi connectivity index (χ3n) is 5.14. The van der Waals surface area contributed by atoms with E-state index in [9.17, 15) is 4.79 Å². The van der Waals surface area contributed by atoms with Crippen LogP contribution in [0.15, 0.2) is 48.7 Å². The first-order valence-corrected chi connectivity index (χ1v) is 8.76. The molecule has 2 aromatic carbocycles. The SMILES string of the molecule is Cc1cccc(N2CCN(c3ccc4c(c3)c(C=O)cn4C)CC2)c1. The van der Waals surface area contributed by atoms with Crippen LogP contribution in [0, 0.1) is 6.92 Å². The number of piperazine rings is 1. The normalized spacial score (nSPS) is 15.0. The van der Waals surface area contributed by atoms with Crippen LogP contribution in [0.2, 0.25) is 0 Å². The number of anilines is 2. The molecular formula is C21H23N3O. The molecule has 0 aliphatic carbocycles. The minimum Gasteiger partial charge on any atom is -0.368 e. The van der Waals surface area contributed by atoms with Gasteiger partial charge in [0, 0.05) is 67.3 Å². The van der Waals surface area contributed by atoms with Gasteiger partial charge in [-0.15, -0.1) is 0 Å². The highest BCUT2D eigenvalue weighted by atomic mass is 16.1. The molecule has 1 saturated heterocycles. The van der Waals surface area contributed by atoms with Crippen LogP contribution in [0.5, 0.6) is 0 Å². The summed E-state index contributed by atoms with van der Waals surface area (Å²) in [6.45, 7) is 6.14. The van der Waals surface area contributed by atoms with Gasteiger partial charge in [-0.25, -0.2) is 0 Å². The number of aldehydes is 1. The predicted octanol–water partition coefficient (Wildman–Crippen LogP) is 3.63. The minimum atomic E-state index is 0.762. The summed E-state index contributed by atoms with van der Waals surface area (Å²) in [5, 5.41) is 1.04. The average Bonchev–Trinajstić information content (AvgIpc) is 2.97. The van der Waals surface area contributed by atoms with Crippen LogP contribution in [-0.4, -0.2) is 37.0 Å². The van der Waals surface area contributed by atoms with Gasteiger partial charge in [0.25, 0.3) is 0 Å². The maximum absolute atomic E-state index is 11.3. The maximum atomic E-state index is 11.3. The number of rotatable bonds is 3. The van der Waals surface area contributed by atoms with Crippen molar-refractivity contribution in [1.82, 2.24) is 4.57 Å². The first-order chi connectivity index (χ1) is 12.2. The molecule has 1 aliphatic heterocycles. The largest absolute Gasteiger partial charge is 0.368 e. The number of benzene rings is 2. The van der Waals surface area contributed by atoms with Crippen molar-refractivity contribution >= 4 is 28.6 Å². The van der Waals surface area contributed by atoms with E-state index in [2.05, 4.69) is 59.2 Å². The number of hydrogen-bond acceptors (Lipinski definition) is 3. The van der Waals surface area contributed by atoms with Gasteiger partial charge in [-0.2, -0.15) is 0 Å². The second kappa shape index (κ2) is 6.28. The predicted molar refractivity (Wildman–Crippen MR) is 104 cm³/mol. The van der Waals surface area contributed by atoms with E-state index in [1.54, 1.807) is 0 Å². The van der Waals surface area contributed by atoms with Crippen LogP contribution >= 0.6 is 0 Å². The van der Waals surface area contributed by atoms with Gasteiger partial charge in [-0.1, -0.05) is 12.1 Å². The lowest BCUT2D eigenvalue weighted by molar-refractivity contribution is 0.112.